The van der Waals surface area contributed by atoms with Gasteiger partial charge in [0.25, 0.3) is 0 Å². The van der Waals surface area contributed by atoms with Crippen LogP contribution in [0, 0.1) is 0 Å². The van der Waals surface area contributed by atoms with Gasteiger partial charge in [0.2, 0.25) is 0 Å². The van der Waals surface area contributed by atoms with E-state index in [2.05, 4.69) is 6.92 Å². The van der Waals surface area contributed by atoms with Crippen LogP contribution in [0.1, 0.15) is 32.4 Å². The lowest BCUT2D eigenvalue weighted by atomic mass is 10.1. The molecule has 1 atom stereocenters. The molecule has 2 nitrogen and oxygen atoms in total. The summed E-state index contributed by atoms with van der Waals surface area (Å²) >= 11 is 0. The molecule has 0 spiro atoms. The predicted molar refractivity (Wildman–Crippen MR) is 56.9 cm³/mol. The fourth-order valence-corrected chi connectivity index (χ4v) is 1.09. The zero-order valence-corrected chi connectivity index (χ0v) is 7.58. The van der Waals surface area contributed by atoms with Crippen LogP contribution in [0.4, 0.5) is 0 Å². The van der Waals surface area contributed by atoms with E-state index in [9.17, 15) is 0 Å². The Morgan fingerprint density at radius 2 is 1.85 bits per heavy atom. The minimum Gasteiger partial charge on any atom is -0.497 e. The van der Waals surface area contributed by atoms with Crippen molar-refractivity contribution in [2.45, 2.75) is 26.8 Å². The van der Waals surface area contributed by atoms with Gasteiger partial charge in [0.1, 0.15) is 5.75 Å². The zero-order valence-electron chi connectivity index (χ0n) is 7.58. The fraction of sp³-hybridized carbons (Fsp3) is 0.455. The van der Waals surface area contributed by atoms with Gasteiger partial charge in [-0.3, -0.25) is 0 Å². The summed E-state index contributed by atoms with van der Waals surface area (Å²) in [5, 5.41) is 0. The number of rotatable bonds is 3. The monoisotopic (exact) mass is 181 g/mol. The molecule has 0 aliphatic heterocycles. The lowest BCUT2D eigenvalue weighted by Crippen LogP contribution is -2.07. The quantitative estimate of drug-likeness (QED) is 0.778. The Morgan fingerprint density at radius 3 is 2.23 bits per heavy atom. The molecule has 0 saturated heterocycles. The normalized spacial score (nSPS) is 11.6. The van der Waals surface area contributed by atoms with Crippen LogP contribution in [0.15, 0.2) is 24.3 Å². The highest BCUT2D eigenvalue weighted by molar-refractivity contribution is 5.28. The largest absolute Gasteiger partial charge is 0.497 e. The van der Waals surface area contributed by atoms with Crippen LogP contribution in [0.25, 0.3) is 0 Å². The van der Waals surface area contributed by atoms with E-state index >= 15 is 0 Å². The van der Waals surface area contributed by atoms with Crippen LogP contribution >= 0.6 is 0 Å². The molecule has 0 amide bonds. The van der Waals surface area contributed by atoms with Gasteiger partial charge in [0.05, 0.1) is 7.11 Å². The fourth-order valence-electron chi connectivity index (χ4n) is 1.09. The minimum atomic E-state index is 0. The van der Waals surface area contributed by atoms with Gasteiger partial charge in [-0.15, -0.1) is 0 Å². The number of hydrogen-bond acceptors (Lipinski definition) is 2. The Balaban J connectivity index is 0.00000144. The molecule has 0 aliphatic carbocycles. The molecule has 1 rings (SSSR count). The topological polar surface area (TPSA) is 35.2 Å². The number of ether oxygens (including phenoxy) is 1. The van der Waals surface area contributed by atoms with Crippen molar-refractivity contribution in [1.29, 1.82) is 0 Å². The van der Waals surface area contributed by atoms with Crippen molar-refractivity contribution in [3.8, 4) is 5.75 Å². The third-order valence-electron chi connectivity index (χ3n) is 1.98. The first-order valence-electron chi connectivity index (χ1n) is 4.17. The molecular formula is C11H19NO. The molecule has 13 heavy (non-hydrogen) atoms. The van der Waals surface area contributed by atoms with Crippen LogP contribution in [-0.4, -0.2) is 7.11 Å². The third-order valence-corrected chi connectivity index (χ3v) is 1.98. The Labute approximate surface area is 80.7 Å². The molecule has 74 valence electrons. The summed E-state index contributed by atoms with van der Waals surface area (Å²) in [6.45, 7) is 2.08. The van der Waals surface area contributed by atoms with Crippen molar-refractivity contribution in [2.75, 3.05) is 7.11 Å². The summed E-state index contributed by atoms with van der Waals surface area (Å²) in [7, 11) is 1.66. The van der Waals surface area contributed by atoms with Gasteiger partial charge in [0.15, 0.2) is 0 Å². The van der Waals surface area contributed by atoms with Crippen LogP contribution in [0.2, 0.25) is 0 Å². The van der Waals surface area contributed by atoms with Crippen molar-refractivity contribution in [3.05, 3.63) is 29.8 Å². The molecule has 1 unspecified atom stereocenters. The molecule has 1 aromatic carbocycles. The van der Waals surface area contributed by atoms with Gasteiger partial charge >= 0.3 is 0 Å². The summed E-state index contributed by atoms with van der Waals surface area (Å²) in [5.74, 6) is 0.877. The first-order valence-corrected chi connectivity index (χ1v) is 4.17. The second-order valence-electron chi connectivity index (χ2n) is 2.79. The van der Waals surface area contributed by atoms with E-state index in [0.29, 0.717) is 0 Å². The highest BCUT2D eigenvalue weighted by atomic mass is 16.5. The van der Waals surface area contributed by atoms with E-state index < -0.39 is 0 Å². The maximum atomic E-state index is 5.84. The van der Waals surface area contributed by atoms with Gasteiger partial charge in [0, 0.05) is 6.04 Å². The summed E-state index contributed by atoms with van der Waals surface area (Å²) in [6.07, 6.45) is 0.965. The molecule has 0 radical (unpaired) electrons. The SMILES string of the molecule is C.CCC(N)c1ccc(OC)cc1. The Bertz CT molecular complexity index is 230. The summed E-state index contributed by atoms with van der Waals surface area (Å²) < 4.78 is 5.04. The average molecular weight is 181 g/mol. The van der Waals surface area contributed by atoms with Crippen LogP contribution in [-0.2, 0) is 0 Å². The van der Waals surface area contributed by atoms with Gasteiger partial charge in [-0.2, -0.15) is 0 Å². The smallest absolute Gasteiger partial charge is 0.118 e. The van der Waals surface area contributed by atoms with Gasteiger partial charge in [-0.05, 0) is 24.1 Å². The van der Waals surface area contributed by atoms with E-state index in [4.69, 9.17) is 10.5 Å². The Morgan fingerprint density at radius 1 is 1.31 bits per heavy atom. The number of methoxy groups -OCH3 is 1. The molecule has 0 saturated carbocycles. The molecule has 2 N–H and O–H groups in total. The van der Waals surface area contributed by atoms with Crippen LogP contribution < -0.4 is 10.5 Å². The second-order valence-corrected chi connectivity index (χ2v) is 2.79. The number of benzene rings is 1. The molecule has 0 fully saturated rings. The van der Waals surface area contributed by atoms with Crippen molar-refractivity contribution in [2.24, 2.45) is 5.73 Å². The lowest BCUT2D eigenvalue weighted by molar-refractivity contribution is 0.414. The standard InChI is InChI=1S/C10H15NO.CH4/c1-3-10(11)8-4-6-9(12-2)7-5-8;/h4-7,10H,3,11H2,1-2H3;1H4. The summed E-state index contributed by atoms with van der Waals surface area (Å²) in [5.41, 5.74) is 7.01. The first kappa shape index (κ1) is 12.0. The van der Waals surface area contributed by atoms with Crippen molar-refractivity contribution < 1.29 is 4.74 Å². The van der Waals surface area contributed by atoms with Gasteiger partial charge in [-0.25, -0.2) is 0 Å². The van der Waals surface area contributed by atoms with Crippen molar-refractivity contribution in [3.63, 3.8) is 0 Å². The maximum absolute atomic E-state index is 5.84. The maximum Gasteiger partial charge on any atom is 0.118 e. The molecule has 0 aliphatic rings. The average Bonchev–Trinajstić information content (AvgIpc) is 2.17. The van der Waals surface area contributed by atoms with Crippen molar-refractivity contribution in [1.82, 2.24) is 0 Å². The van der Waals surface area contributed by atoms with E-state index in [-0.39, 0.29) is 13.5 Å². The predicted octanol–water partition coefficient (Wildman–Crippen LogP) is 2.74. The molecule has 2 heteroatoms. The second kappa shape index (κ2) is 5.60. The number of nitrogens with two attached hydrogens (primary N) is 1. The Kier molecular flexibility index (Phi) is 5.16. The van der Waals surface area contributed by atoms with Gasteiger partial charge in [-0.1, -0.05) is 26.5 Å². The first-order chi connectivity index (χ1) is 5.77. The minimum absolute atomic E-state index is 0. The summed E-state index contributed by atoms with van der Waals surface area (Å²) in [6, 6.07) is 8.03. The van der Waals surface area contributed by atoms with Crippen LogP contribution in [0.5, 0.6) is 5.75 Å². The van der Waals surface area contributed by atoms with Crippen LogP contribution in [0.3, 0.4) is 0 Å². The molecule has 0 bridgehead atoms. The summed E-state index contributed by atoms with van der Waals surface area (Å²) in [4.78, 5) is 0. The van der Waals surface area contributed by atoms with Gasteiger partial charge < -0.3 is 10.5 Å². The molecule has 0 aromatic heterocycles. The lowest BCUT2D eigenvalue weighted by Gasteiger charge is -2.09. The van der Waals surface area contributed by atoms with E-state index in [1.165, 1.54) is 5.56 Å². The molecular weight excluding hydrogens is 162 g/mol. The Hall–Kier alpha value is -1.02. The van der Waals surface area contributed by atoms with E-state index in [0.717, 1.165) is 12.2 Å². The van der Waals surface area contributed by atoms with Crippen molar-refractivity contribution >= 4 is 0 Å². The zero-order chi connectivity index (χ0) is 8.97. The highest BCUT2D eigenvalue weighted by Crippen LogP contribution is 2.17. The number of hydrogen-bond donors (Lipinski definition) is 1. The molecule has 0 heterocycles. The van der Waals surface area contributed by atoms with E-state index in [1.807, 2.05) is 24.3 Å². The third kappa shape index (κ3) is 3.07. The van der Waals surface area contributed by atoms with E-state index in [1.54, 1.807) is 7.11 Å². The molecule has 1 aromatic rings. The highest BCUT2D eigenvalue weighted by Gasteiger charge is 2.01.